The van der Waals surface area contributed by atoms with Gasteiger partial charge in [0, 0.05) is 29.8 Å². The molecule has 0 aliphatic heterocycles. The Bertz CT molecular complexity index is 754. The molecule has 0 aliphatic carbocycles. The maximum absolute atomic E-state index is 12.0. The Morgan fingerprint density at radius 2 is 1.76 bits per heavy atom. The second-order valence-electron chi connectivity index (χ2n) is 5.03. The topological polar surface area (TPSA) is 123 Å². The van der Waals surface area contributed by atoms with E-state index in [4.69, 9.17) is 5.73 Å². The lowest BCUT2D eigenvalue weighted by Crippen LogP contribution is -2.37. The molecule has 9 heteroatoms. The van der Waals surface area contributed by atoms with Gasteiger partial charge in [0.15, 0.2) is 9.84 Å². The fourth-order valence-corrected chi connectivity index (χ4v) is 3.45. The third-order valence-corrected chi connectivity index (χ3v) is 4.75. The minimum atomic E-state index is -3.49. The average molecular weight is 334 g/mol. The summed E-state index contributed by atoms with van der Waals surface area (Å²) in [5.41, 5.74) is 5.79. The molecule has 0 bridgehead atoms. The van der Waals surface area contributed by atoms with Crippen LogP contribution in [0.3, 0.4) is 0 Å². The lowest BCUT2D eigenvalue weighted by Gasteiger charge is -2.13. The highest BCUT2D eigenvalue weighted by Gasteiger charge is 2.17. The number of carbonyl (C=O) groups is 1. The van der Waals surface area contributed by atoms with Gasteiger partial charge in [-0.25, -0.2) is 16.8 Å². The number of anilines is 1. The zero-order chi connectivity index (χ0) is 16.4. The molecule has 7 nitrogen and oxygen atoms in total. The zero-order valence-corrected chi connectivity index (χ0v) is 13.6. The predicted molar refractivity (Wildman–Crippen MR) is 80.6 cm³/mol. The number of hydrogen-bond acceptors (Lipinski definition) is 6. The molecule has 0 spiro atoms. The first-order valence-electron chi connectivity index (χ1n) is 5.98. The first-order chi connectivity index (χ1) is 9.38. The molecule has 0 radical (unpaired) electrons. The van der Waals surface area contributed by atoms with E-state index in [9.17, 15) is 21.6 Å². The number of rotatable bonds is 5. The summed E-state index contributed by atoms with van der Waals surface area (Å²) in [6, 6.07) is 3.19. The normalized spacial score (nSPS) is 13.7. The molecule has 1 amide bonds. The molecule has 21 heavy (non-hydrogen) atoms. The van der Waals surface area contributed by atoms with Crippen LogP contribution in [0.2, 0.25) is 0 Å². The summed E-state index contributed by atoms with van der Waals surface area (Å²) in [4.78, 5) is 11.9. The molecular formula is C12H18N2O5S2. The smallest absolute Gasteiger partial charge is 0.251 e. The third kappa shape index (κ3) is 5.72. The average Bonchev–Trinajstić information content (AvgIpc) is 2.23. The van der Waals surface area contributed by atoms with Gasteiger partial charge in [-0.1, -0.05) is 0 Å². The number of amides is 1. The molecule has 0 heterocycles. The molecule has 1 unspecified atom stereocenters. The molecule has 3 N–H and O–H groups in total. The van der Waals surface area contributed by atoms with Crippen molar-refractivity contribution >= 4 is 31.3 Å². The molecule has 0 saturated heterocycles. The van der Waals surface area contributed by atoms with E-state index in [0.717, 1.165) is 12.5 Å². The Hall–Kier alpha value is -1.61. The molecule has 118 valence electrons. The van der Waals surface area contributed by atoms with Crippen LogP contribution in [0.4, 0.5) is 5.69 Å². The van der Waals surface area contributed by atoms with Crippen molar-refractivity contribution in [2.45, 2.75) is 17.9 Å². The summed E-state index contributed by atoms with van der Waals surface area (Å²) in [7, 11) is -6.72. The largest absolute Gasteiger partial charge is 0.399 e. The molecule has 1 aromatic carbocycles. The van der Waals surface area contributed by atoms with Gasteiger partial charge < -0.3 is 11.1 Å². The van der Waals surface area contributed by atoms with Crippen molar-refractivity contribution in [3.8, 4) is 0 Å². The number of nitrogens with two attached hydrogens (primary N) is 1. The van der Waals surface area contributed by atoms with E-state index >= 15 is 0 Å². The number of nitrogen functional groups attached to an aromatic ring is 1. The van der Waals surface area contributed by atoms with Crippen LogP contribution in [0.1, 0.15) is 17.3 Å². The van der Waals surface area contributed by atoms with Crippen molar-refractivity contribution < 1.29 is 21.6 Å². The molecule has 0 fully saturated rings. The quantitative estimate of drug-likeness (QED) is 0.721. The maximum atomic E-state index is 12.0. The Morgan fingerprint density at radius 3 is 2.24 bits per heavy atom. The minimum absolute atomic E-state index is 0.0655. The molecule has 1 rings (SSSR count). The van der Waals surface area contributed by atoms with Crippen LogP contribution in [0.25, 0.3) is 0 Å². The lowest BCUT2D eigenvalue weighted by atomic mass is 10.2. The van der Waals surface area contributed by atoms with Gasteiger partial charge in [-0.3, -0.25) is 4.79 Å². The Labute approximate surface area is 124 Å². The number of carbonyl (C=O) groups excluding carboxylic acids is 1. The van der Waals surface area contributed by atoms with Crippen molar-refractivity contribution in [3.05, 3.63) is 23.8 Å². The summed E-state index contributed by atoms with van der Waals surface area (Å²) in [6.07, 6.45) is 2.08. The molecular weight excluding hydrogens is 316 g/mol. The number of nitrogens with one attached hydrogen (secondary N) is 1. The Morgan fingerprint density at radius 1 is 1.19 bits per heavy atom. The standard InChI is InChI=1S/C12H18N2O5S2/c1-8(7-20(2,16)17)14-12(15)9-4-10(13)6-11(5-9)21(3,18)19/h4-6,8H,7,13H2,1-3H3,(H,14,15). The van der Waals surface area contributed by atoms with Crippen LogP contribution in [-0.2, 0) is 19.7 Å². The van der Waals surface area contributed by atoms with Crippen LogP contribution in [0, 0.1) is 0 Å². The minimum Gasteiger partial charge on any atom is -0.399 e. The number of sulfone groups is 2. The van der Waals surface area contributed by atoms with Crippen molar-refractivity contribution in [2.75, 3.05) is 24.0 Å². The Kier molecular flexibility index (Phi) is 5.00. The first kappa shape index (κ1) is 17.4. The Balaban J connectivity index is 3.01. The fraction of sp³-hybridized carbons (Fsp3) is 0.417. The van der Waals surface area contributed by atoms with E-state index in [1.807, 2.05) is 0 Å². The molecule has 0 saturated carbocycles. The van der Waals surface area contributed by atoms with E-state index in [1.165, 1.54) is 18.2 Å². The van der Waals surface area contributed by atoms with Crippen LogP contribution in [-0.4, -0.2) is 47.0 Å². The summed E-state index contributed by atoms with van der Waals surface area (Å²) < 4.78 is 45.3. The zero-order valence-electron chi connectivity index (χ0n) is 12.0. The van der Waals surface area contributed by atoms with Crippen molar-refractivity contribution in [1.82, 2.24) is 5.32 Å². The van der Waals surface area contributed by atoms with Crippen LogP contribution in [0.5, 0.6) is 0 Å². The van der Waals surface area contributed by atoms with E-state index < -0.39 is 31.6 Å². The molecule has 1 atom stereocenters. The van der Waals surface area contributed by atoms with Gasteiger partial charge in [0.2, 0.25) is 0 Å². The van der Waals surface area contributed by atoms with Crippen molar-refractivity contribution in [3.63, 3.8) is 0 Å². The summed E-state index contributed by atoms with van der Waals surface area (Å²) in [5, 5.41) is 2.49. The summed E-state index contributed by atoms with van der Waals surface area (Å²) in [6.45, 7) is 1.54. The summed E-state index contributed by atoms with van der Waals surface area (Å²) in [5.74, 6) is -0.789. The van der Waals surface area contributed by atoms with Crippen LogP contribution < -0.4 is 11.1 Å². The van der Waals surface area contributed by atoms with Gasteiger partial charge in [-0.05, 0) is 25.1 Å². The maximum Gasteiger partial charge on any atom is 0.251 e. The predicted octanol–water partition coefficient (Wildman–Crippen LogP) is -0.165. The highest BCUT2D eigenvalue weighted by molar-refractivity contribution is 7.91. The van der Waals surface area contributed by atoms with Gasteiger partial charge in [0.05, 0.1) is 10.6 Å². The van der Waals surface area contributed by atoms with Crippen molar-refractivity contribution in [1.29, 1.82) is 0 Å². The second kappa shape index (κ2) is 6.02. The van der Waals surface area contributed by atoms with E-state index in [1.54, 1.807) is 6.92 Å². The highest BCUT2D eigenvalue weighted by Crippen LogP contribution is 2.17. The molecule has 0 aliphatic rings. The number of hydrogen-bond donors (Lipinski definition) is 2. The van der Waals surface area contributed by atoms with Gasteiger partial charge in [-0.15, -0.1) is 0 Å². The van der Waals surface area contributed by atoms with Gasteiger partial charge >= 0.3 is 0 Å². The highest BCUT2D eigenvalue weighted by atomic mass is 32.2. The summed E-state index contributed by atoms with van der Waals surface area (Å²) >= 11 is 0. The van der Waals surface area contributed by atoms with E-state index in [-0.39, 0.29) is 21.9 Å². The van der Waals surface area contributed by atoms with Gasteiger partial charge in [0.1, 0.15) is 9.84 Å². The molecule has 0 aromatic heterocycles. The fourth-order valence-electron chi connectivity index (χ4n) is 1.77. The third-order valence-electron chi connectivity index (χ3n) is 2.55. The monoisotopic (exact) mass is 334 g/mol. The van der Waals surface area contributed by atoms with E-state index in [0.29, 0.717) is 0 Å². The second-order valence-corrected chi connectivity index (χ2v) is 9.23. The van der Waals surface area contributed by atoms with Crippen LogP contribution in [0.15, 0.2) is 23.1 Å². The lowest BCUT2D eigenvalue weighted by molar-refractivity contribution is 0.0943. The number of benzene rings is 1. The van der Waals surface area contributed by atoms with Gasteiger partial charge in [-0.2, -0.15) is 0 Å². The van der Waals surface area contributed by atoms with E-state index in [2.05, 4.69) is 5.32 Å². The SMILES string of the molecule is CC(CS(C)(=O)=O)NC(=O)c1cc(N)cc(S(C)(=O)=O)c1. The first-order valence-corrected chi connectivity index (χ1v) is 9.93. The van der Waals surface area contributed by atoms with Gasteiger partial charge in [0.25, 0.3) is 5.91 Å². The van der Waals surface area contributed by atoms with Crippen molar-refractivity contribution in [2.24, 2.45) is 0 Å². The molecule has 1 aromatic rings. The van der Waals surface area contributed by atoms with Crippen LogP contribution >= 0.6 is 0 Å².